The van der Waals surface area contributed by atoms with E-state index in [4.69, 9.17) is 10.5 Å². The number of anilines is 1. The van der Waals surface area contributed by atoms with Crippen LogP contribution in [0.25, 0.3) is 11.3 Å². The summed E-state index contributed by atoms with van der Waals surface area (Å²) >= 11 is 0. The lowest BCUT2D eigenvalue weighted by Crippen LogP contribution is -2.29. The first-order chi connectivity index (χ1) is 17.5. The molecule has 37 heavy (non-hydrogen) atoms. The second kappa shape index (κ2) is 12.2. The number of nitrogens with zero attached hydrogens (tertiary/aromatic N) is 1. The molecule has 0 aliphatic carbocycles. The first kappa shape index (κ1) is 28.1. The average molecular weight is 526 g/mol. The van der Waals surface area contributed by atoms with Crippen LogP contribution < -0.4 is 15.2 Å². The molecule has 0 saturated carbocycles. The van der Waals surface area contributed by atoms with Crippen LogP contribution in [0.3, 0.4) is 0 Å². The summed E-state index contributed by atoms with van der Waals surface area (Å²) < 4.78 is 34.8. The lowest BCUT2D eigenvalue weighted by molar-refractivity contribution is 0.0696. The fourth-order valence-electron chi connectivity index (χ4n) is 4.21. The summed E-state index contributed by atoms with van der Waals surface area (Å²) in [7, 11) is -4.12. The van der Waals surface area contributed by atoms with Gasteiger partial charge in [0.25, 0.3) is 10.0 Å². The number of nitrogens with one attached hydrogen (secondary N) is 1. The van der Waals surface area contributed by atoms with E-state index in [1.165, 1.54) is 24.3 Å². The number of carbonyl (C=O) groups is 1. The minimum absolute atomic E-state index is 0.0682. The third kappa shape index (κ3) is 7.30. The van der Waals surface area contributed by atoms with E-state index in [2.05, 4.69) is 37.4 Å². The number of hydrogen-bond donors (Lipinski definition) is 3. The molecule has 0 saturated heterocycles. The average Bonchev–Trinajstić information content (AvgIpc) is 2.86. The van der Waals surface area contributed by atoms with E-state index >= 15 is 0 Å². The fraction of sp³-hybridized carbons (Fsp3) is 0.357. The molecule has 4 N–H and O–H groups in total. The zero-order chi connectivity index (χ0) is 27.2. The first-order valence-corrected chi connectivity index (χ1v) is 13.9. The van der Waals surface area contributed by atoms with Crippen LogP contribution in [0, 0.1) is 5.92 Å². The van der Waals surface area contributed by atoms with Crippen LogP contribution in [0.2, 0.25) is 0 Å². The number of aromatic nitrogens is 1. The minimum Gasteiger partial charge on any atom is -0.492 e. The van der Waals surface area contributed by atoms with Gasteiger partial charge in [-0.2, -0.15) is 0 Å². The van der Waals surface area contributed by atoms with Gasteiger partial charge in [-0.05, 0) is 54.5 Å². The van der Waals surface area contributed by atoms with Gasteiger partial charge >= 0.3 is 5.97 Å². The number of nitrogens with two attached hydrogens (primary N) is 1. The molecule has 0 aliphatic rings. The van der Waals surface area contributed by atoms with Gasteiger partial charge in [0.05, 0.1) is 16.2 Å². The van der Waals surface area contributed by atoms with Crippen LogP contribution in [-0.2, 0) is 22.9 Å². The zero-order valence-corrected chi connectivity index (χ0v) is 22.5. The van der Waals surface area contributed by atoms with E-state index in [9.17, 15) is 18.3 Å². The Labute approximate surface area is 218 Å². The Bertz CT molecular complexity index is 1330. The van der Waals surface area contributed by atoms with E-state index in [0.29, 0.717) is 17.4 Å². The predicted molar refractivity (Wildman–Crippen MR) is 146 cm³/mol. The van der Waals surface area contributed by atoms with Gasteiger partial charge in [0.1, 0.15) is 18.2 Å². The van der Waals surface area contributed by atoms with Crippen molar-refractivity contribution in [3.05, 3.63) is 71.3 Å². The van der Waals surface area contributed by atoms with Gasteiger partial charge < -0.3 is 15.6 Å². The van der Waals surface area contributed by atoms with E-state index in [1.807, 2.05) is 18.2 Å². The molecule has 9 heteroatoms. The highest BCUT2D eigenvalue weighted by Gasteiger charge is 2.20. The fourth-order valence-corrected chi connectivity index (χ4v) is 5.25. The van der Waals surface area contributed by atoms with Crippen molar-refractivity contribution in [3.63, 3.8) is 0 Å². The lowest BCUT2D eigenvalue weighted by atomic mass is 9.94. The third-order valence-electron chi connectivity index (χ3n) is 5.92. The van der Waals surface area contributed by atoms with Crippen LogP contribution >= 0.6 is 0 Å². The van der Waals surface area contributed by atoms with Crippen LogP contribution in [-0.4, -0.2) is 37.1 Å². The Morgan fingerprint density at radius 1 is 1.05 bits per heavy atom. The topological polar surface area (TPSA) is 132 Å². The molecular weight excluding hydrogens is 490 g/mol. The van der Waals surface area contributed by atoms with Crippen molar-refractivity contribution in [3.8, 4) is 17.0 Å². The number of benzene rings is 2. The SMILES string of the molecule is CCc1cccc(CC)c1-c1cc(OC[C@H](N)CC(C)C)cc(NS(=O)(=O)c2cccc(C(=O)O)c2)n1. The summed E-state index contributed by atoms with van der Waals surface area (Å²) in [4.78, 5) is 15.8. The molecular formula is C28H35N3O5S. The number of aryl methyl sites for hydroxylation is 2. The van der Waals surface area contributed by atoms with Crippen LogP contribution in [0.15, 0.2) is 59.5 Å². The number of rotatable bonds is 12. The maximum Gasteiger partial charge on any atom is 0.335 e. The summed E-state index contributed by atoms with van der Waals surface area (Å²) in [5.41, 5.74) is 9.79. The predicted octanol–water partition coefficient (Wildman–Crippen LogP) is 5.12. The van der Waals surface area contributed by atoms with Crippen molar-refractivity contribution in [2.24, 2.45) is 11.7 Å². The van der Waals surface area contributed by atoms with Crippen molar-refractivity contribution in [2.45, 2.75) is 57.9 Å². The largest absolute Gasteiger partial charge is 0.492 e. The number of carboxylic acid groups (broad SMARTS) is 1. The highest BCUT2D eigenvalue weighted by molar-refractivity contribution is 7.92. The quantitative estimate of drug-likeness (QED) is 0.299. The first-order valence-electron chi connectivity index (χ1n) is 12.4. The van der Waals surface area contributed by atoms with Gasteiger partial charge in [-0.1, -0.05) is 52.0 Å². The molecule has 0 fully saturated rings. The van der Waals surface area contributed by atoms with Crippen LogP contribution in [0.4, 0.5) is 5.82 Å². The lowest BCUT2D eigenvalue weighted by Gasteiger charge is -2.18. The molecule has 0 spiro atoms. The molecule has 8 nitrogen and oxygen atoms in total. The van der Waals surface area contributed by atoms with Gasteiger partial charge in [-0.25, -0.2) is 18.2 Å². The summed E-state index contributed by atoms with van der Waals surface area (Å²) in [6, 6.07) is 14.4. The van der Waals surface area contributed by atoms with Gasteiger partial charge in [-0.15, -0.1) is 0 Å². The number of aromatic carboxylic acids is 1. The molecule has 3 aromatic rings. The molecule has 3 rings (SSSR count). The molecule has 1 atom stereocenters. The summed E-state index contributed by atoms with van der Waals surface area (Å²) in [6.45, 7) is 8.56. The summed E-state index contributed by atoms with van der Waals surface area (Å²) in [6.07, 6.45) is 2.34. The molecule has 198 valence electrons. The monoisotopic (exact) mass is 525 g/mol. The Hall–Kier alpha value is -3.43. The highest BCUT2D eigenvalue weighted by Crippen LogP contribution is 2.32. The number of hydrogen-bond acceptors (Lipinski definition) is 6. The molecule has 1 aromatic heterocycles. The van der Waals surface area contributed by atoms with Crippen molar-refractivity contribution in [1.82, 2.24) is 4.98 Å². The summed E-state index contributed by atoms with van der Waals surface area (Å²) in [5, 5.41) is 9.27. The van der Waals surface area contributed by atoms with Gasteiger partial charge in [-0.3, -0.25) is 4.72 Å². The van der Waals surface area contributed by atoms with E-state index in [-0.39, 0.29) is 28.9 Å². The van der Waals surface area contributed by atoms with Crippen LogP contribution in [0.1, 0.15) is 55.6 Å². The van der Waals surface area contributed by atoms with Crippen molar-refractivity contribution in [2.75, 3.05) is 11.3 Å². The Morgan fingerprint density at radius 3 is 2.30 bits per heavy atom. The molecule has 2 aromatic carbocycles. The Balaban J connectivity index is 2.06. The number of carboxylic acids is 1. The molecule has 0 bridgehead atoms. The van der Waals surface area contributed by atoms with E-state index in [1.54, 1.807) is 6.07 Å². The number of pyridine rings is 1. The number of sulfonamides is 1. The van der Waals surface area contributed by atoms with E-state index < -0.39 is 16.0 Å². The molecule has 0 aliphatic heterocycles. The maximum atomic E-state index is 13.2. The molecule has 0 amide bonds. The summed E-state index contributed by atoms with van der Waals surface area (Å²) in [5.74, 6) is -0.291. The smallest absolute Gasteiger partial charge is 0.335 e. The molecule has 0 radical (unpaired) electrons. The maximum absolute atomic E-state index is 13.2. The normalized spacial score (nSPS) is 12.4. The highest BCUT2D eigenvalue weighted by atomic mass is 32.2. The zero-order valence-electron chi connectivity index (χ0n) is 21.7. The van der Waals surface area contributed by atoms with Crippen molar-refractivity contribution < 1.29 is 23.1 Å². The van der Waals surface area contributed by atoms with E-state index in [0.717, 1.165) is 42.0 Å². The van der Waals surface area contributed by atoms with Crippen molar-refractivity contribution in [1.29, 1.82) is 0 Å². The second-order valence-corrected chi connectivity index (χ2v) is 11.1. The minimum atomic E-state index is -4.12. The van der Waals surface area contributed by atoms with Crippen molar-refractivity contribution >= 4 is 21.8 Å². The van der Waals surface area contributed by atoms with Crippen LogP contribution in [0.5, 0.6) is 5.75 Å². The number of ether oxygens (including phenoxy) is 1. The Kier molecular flexibility index (Phi) is 9.29. The third-order valence-corrected chi connectivity index (χ3v) is 7.27. The van der Waals surface area contributed by atoms with Gasteiger partial charge in [0, 0.05) is 23.7 Å². The standard InChI is InChI=1S/C28H35N3O5S/c1-5-19-9-7-10-20(6-2)27(19)25-15-23(36-17-22(29)13-18(3)4)16-26(30-25)31-37(34,35)24-12-8-11-21(14-24)28(32)33/h7-12,14-16,18,22H,5-6,13,17,29H2,1-4H3,(H,30,31)(H,32,33)/t22-/m1/s1. The molecule has 0 unspecified atom stereocenters. The molecule has 1 heterocycles. The van der Waals surface area contributed by atoms with Gasteiger partial charge in [0.15, 0.2) is 0 Å². The Morgan fingerprint density at radius 2 is 1.70 bits per heavy atom. The van der Waals surface area contributed by atoms with Gasteiger partial charge in [0.2, 0.25) is 0 Å². The second-order valence-electron chi connectivity index (χ2n) is 9.37.